The molecule has 0 spiro atoms. The van der Waals surface area contributed by atoms with Crippen molar-refractivity contribution < 1.29 is 8.42 Å². The van der Waals surface area contributed by atoms with E-state index in [1.165, 1.54) is 11.4 Å². The minimum absolute atomic E-state index is 0.102. The van der Waals surface area contributed by atoms with Crippen LogP contribution >= 0.6 is 0 Å². The first kappa shape index (κ1) is 14.5. The number of nitrogens with one attached hydrogen (secondary N) is 1. The topological polar surface area (TPSA) is 73.2 Å². The molecule has 0 fully saturated rings. The molecule has 1 aromatic carbocycles. The van der Waals surface area contributed by atoms with E-state index in [0.717, 1.165) is 0 Å². The molecular formula is C12H17N3O2S. The average molecular weight is 267 g/mol. The molecule has 0 saturated carbocycles. The number of rotatable bonds is 6. The van der Waals surface area contributed by atoms with Crippen LogP contribution in [0.15, 0.2) is 24.3 Å². The molecule has 0 aliphatic carbocycles. The highest BCUT2D eigenvalue weighted by Crippen LogP contribution is 2.17. The second kappa shape index (κ2) is 6.38. The molecule has 0 radical (unpaired) electrons. The minimum atomic E-state index is -3.29. The number of nitriles is 1. The molecule has 0 aromatic heterocycles. The Morgan fingerprint density at radius 1 is 1.33 bits per heavy atom. The molecule has 18 heavy (non-hydrogen) atoms. The smallest absolute Gasteiger partial charge is 0.234 e. The molecule has 1 N–H and O–H groups in total. The highest BCUT2D eigenvalue weighted by molar-refractivity contribution is 7.92. The molecule has 0 aliphatic rings. The van der Waals surface area contributed by atoms with Gasteiger partial charge in [-0.25, -0.2) is 8.42 Å². The molecule has 0 unspecified atom stereocenters. The van der Waals surface area contributed by atoms with Crippen molar-refractivity contribution in [2.45, 2.75) is 6.42 Å². The lowest BCUT2D eigenvalue weighted by Crippen LogP contribution is -2.30. The van der Waals surface area contributed by atoms with Gasteiger partial charge in [-0.3, -0.25) is 4.31 Å². The molecule has 0 aliphatic heterocycles. The molecule has 0 saturated heterocycles. The number of sulfonamides is 1. The molecule has 1 aromatic rings. The molecule has 6 heteroatoms. The molecule has 98 valence electrons. The molecule has 0 heterocycles. The predicted octanol–water partition coefficient (Wildman–Crippen LogP) is 0.934. The summed E-state index contributed by atoms with van der Waals surface area (Å²) in [5.41, 5.74) is 1.08. The van der Waals surface area contributed by atoms with Crippen molar-refractivity contribution in [1.29, 1.82) is 5.26 Å². The summed E-state index contributed by atoms with van der Waals surface area (Å²) in [5.74, 6) is 0.102. The molecule has 0 atom stereocenters. The first-order valence-corrected chi connectivity index (χ1v) is 7.23. The van der Waals surface area contributed by atoms with E-state index in [2.05, 4.69) is 5.32 Å². The molecule has 0 bridgehead atoms. The fourth-order valence-electron chi connectivity index (χ4n) is 1.47. The van der Waals surface area contributed by atoms with Gasteiger partial charge in [-0.1, -0.05) is 0 Å². The van der Waals surface area contributed by atoms with E-state index in [4.69, 9.17) is 5.26 Å². The van der Waals surface area contributed by atoms with Crippen LogP contribution in [0.5, 0.6) is 0 Å². The summed E-state index contributed by atoms with van der Waals surface area (Å²) >= 11 is 0. The van der Waals surface area contributed by atoms with Crippen LogP contribution in [0.25, 0.3) is 0 Å². The van der Waals surface area contributed by atoms with Crippen molar-refractivity contribution in [3.63, 3.8) is 0 Å². The third kappa shape index (κ3) is 3.72. The second-order valence-electron chi connectivity index (χ2n) is 3.90. The van der Waals surface area contributed by atoms with Gasteiger partial charge in [-0.2, -0.15) is 5.26 Å². The summed E-state index contributed by atoms with van der Waals surface area (Å²) in [6.07, 6.45) is 0.569. The molecule has 0 amide bonds. The standard InChI is InChI=1S/C12H17N3O2S/c1-14-8-3-9-18(16,17)15(2)12-6-4-11(10-13)5-7-12/h4-7,14H,3,8-9H2,1-2H3. The SMILES string of the molecule is CNCCCS(=O)(=O)N(C)c1ccc(C#N)cc1. The Bertz CT molecular complexity index is 517. The fourth-order valence-corrected chi connectivity index (χ4v) is 2.70. The zero-order chi connectivity index (χ0) is 13.6. The number of anilines is 1. The van der Waals surface area contributed by atoms with Crippen LogP contribution in [0.3, 0.4) is 0 Å². The predicted molar refractivity (Wildman–Crippen MR) is 71.9 cm³/mol. The van der Waals surface area contributed by atoms with Crippen LogP contribution in [-0.4, -0.2) is 34.8 Å². The number of nitrogens with zero attached hydrogens (tertiary/aromatic N) is 2. The van der Waals surface area contributed by atoms with Gasteiger partial charge in [0.2, 0.25) is 10.0 Å². The Kier molecular flexibility index (Phi) is 5.13. The third-order valence-corrected chi connectivity index (χ3v) is 4.46. The first-order chi connectivity index (χ1) is 8.51. The van der Waals surface area contributed by atoms with Gasteiger partial charge in [0.05, 0.1) is 23.1 Å². The van der Waals surface area contributed by atoms with Crippen LogP contribution in [-0.2, 0) is 10.0 Å². The van der Waals surface area contributed by atoms with Crippen LogP contribution in [0.2, 0.25) is 0 Å². The Labute approximate surface area is 108 Å². The summed E-state index contributed by atoms with van der Waals surface area (Å²) in [7, 11) is 0.0178. The fraction of sp³-hybridized carbons (Fsp3) is 0.417. The Hall–Kier alpha value is -1.58. The van der Waals surface area contributed by atoms with Crippen molar-refractivity contribution in [2.75, 3.05) is 30.7 Å². The normalized spacial score (nSPS) is 10.9. The van der Waals surface area contributed by atoms with E-state index < -0.39 is 10.0 Å². The highest BCUT2D eigenvalue weighted by atomic mass is 32.2. The van der Waals surface area contributed by atoms with Crippen LogP contribution < -0.4 is 9.62 Å². The van der Waals surface area contributed by atoms with Gasteiger partial charge in [0.15, 0.2) is 0 Å². The van der Waals surface area contributed by atoms with Crippen molar-refractivity contribution in [1.82, 2.24) is 5.32 Å². The van der Waals surface area contributed by atoms with Crippen molar-refractivity contribution in [2.24, 2.45) is 0 Å². The Balaban J connectivity index is 2.79. The molecular weight excluding hydrogens is 250 g/mol. The van der Waals surface area contributed by atoms with Crippen molar-refractivity contribution >= 4 is 15.7 Å². The second-order valence-corrected chi connectivity index (χ2v) is 6.02. The summed E-state index contributed by atoms with van der Waals surface area (Å²) in [4.78, 5) is 0. The lowest BCUT2D eigenvalue weighted by molar-refractivity contribution is 0.590. The Morgan fingerprint density at radius 3 is 2.44 bits per heavy atom. The zero-order valence-electron chi connectivity index (χ0n) is 10.5. The average Bonchev–Trinajstić information content (AvgIpc) is 2.38. The maximum atomic E-state index is 12.0. The van der Waals surface area contributed by atoms with E-state index >= 15 is 0 Å². The third-order valence-electron chi connectivity index (χ3n) is 2.61. The van der Waals surface area contributed by atoms with Gasteiger partial charge in [-0.05, 0) is 44.3 Å². The van der Waals surface area contributed by atoms with Gasteiger partial charge >= 0.3 is 0 Å². The van der Waals surface area contributed by atoms with Gasteiger partial charge in [0.25, 0.3) is 0 Å². The quantitative estimate of drug-likeness (QED) is 0.778. The summed E-state index contributed by atoms with van der Waals surface area (Å²) < 4.78 is 25.2. The lowest BCUT2D eigenvalue weighted by atomic mass is 10.2. The van der Waals surface area contributed by atoms with E-state index in [9.17, 15) is 8.42 Å². The maximum Gasteiger partial charge on any atom is 0.234 e. The van der Waals surface area contributed by atoms with Gasteiger partial charge in [-0.15, -0.1) is 0 Å². The van der Waals surface area contributed by atoms with Crippen LogP contribution in [0, 0.1) is 11.3 Å². The summed E-state index contributed by atoms with van der Waals surface area (Å²) in [6.45, 7) is 0.667. The summed E-state index contributed by atoms with van der Waals surface area (Å²) in [5, 5.41) is 11.6. The summed E-state index contributed by atoms with van der Waals surface area (Å²) in [6, 6.07) is 8.48. The van der Waals surface area contributed by atoms with Gasteiger partial charge < -0.3 is 5.32 Å². The van der Waals surface area contributed by atoms with E-state index in [-0.39, 0.29) is 5.75 Å². The number of benzene rings is 1. The van der Waals surface area contributed by atoms with E-state index in [1.807, 2.05) is 6.07 Å². The lowest BCUT2D eigenvalue weighted by Gasteiger charge is -2.19. The van der Waals surface area contributed by atoms with Crippen molar-refractivity contribution in [3.8, 4) is 6.07 Å². The number of hydrogen-bond donors (Lipinski definition) is 1. The molecule has 5 nitrogen and oxygen atoms in total. The zero-order valence-corrected chi connectivity index (χ0v) is 11.4. The first-order valence-electron chi connectivity index (χ1n) is 5.62. The Morgan fingerprint density at radius 2 is 1.94 bits per heavy atom. The number of hydrogen-bond acceptors (Lipinski definition) is 4. The van der Waals surface area contributed by atoms with Crippen LogP contribution in [0.4, 0.5) is 5.69 Å². The van der Waals surface area contributed by atoms with Crippen LogP contribution in [0.1, 0.15) is 12.0 Å². The largest absolute Gasteiger partial charge is 0.320 e. The van der Waals surface area contributed by atoms with Gasteiger partial charge in [0.1, 0.15) is 0 Å². The minimum Gasteiger partial charge on any atom is -0.320 e. The maximum absolute atomic E-state index is 12.0. The molecule has 1 rings (SSSR count). The van der Waals surface area contributed by atoms with Crippen molar-refractivity contribution in [3.05, 3.63) is 29.8 Å². The highest BCUT2D eigenvalue weighted by Gasteiger charge is 2.17. The van der Waals surface area contributed by atoms with E-state index in [0.29, 0.717) is 24.2 Å². The van der Waals surface area contributed by atoms with Gasteiger partial charge in [0, 0.05) is 7.05 Å². The van der Waals surface area contributed by atoms with E-state index in [1.54, 1.807) is 31.3 Å². The monoisotopic (exact) mass is 267 g/mol.